The van der Waals surface area contributed by atoms with Gasteiger partial charge in [0.1, 0.15) is 5.82 Å². The van der Waals surface area contributed by atoms with Crippen molar-refractivity contribution in [2.75, 3.05) is 51.3 Å². The molecule has 0 spiro atoms. The molecule has 0 bridgehead atoms. The Morgan fingerprint density at radius 3 is 2.79 bits per heavy atom. The molecule has 1 aliphatic heterocycles. The molecule has 0 aromatic carbocycles. The molecular formula is C14H26N4O. The third kappa shape index (κ3) is 4.21. The van der Waals surface area contributed by atoms with Crippen molar-refractivity contribution in [3.63, 3.8) is 0 Å². The Bertz CT molecular complexity index is 371. The molecule has 0 radical (unpaired) electrons. The molecule has 1 aromatic rings. The number of hydrogen-bond acceptors (Lipinski definition) is 4. The summed E-state index contributed by atoms with van der Waals surface area (Å²) in [5, 5.41) is 7.48. The van der Waals surface area contributed by atoms with Crippen LogP contribution < -0.4 is 4.90 Å². The van der Waals surface area contributed by atoms with Crippen molar-refractivity contribution < 1.29 is 4.74 Å². The summed E-state index contributed by atoms with van der Waals surface area (Å²) in [6.45, 7) is 10.5. The lowest BCUT2D eigenvalue weighted by Gasteiger charge is -2.27. The van der Waals surface area contributed by atoms with Gasteiger partial charge in [-0.25, -0.2) is 0 Å². The van der Waals surface area contributed by atoms with Gasteiger partial charge in [0.25, 0.3) is 0 Å². The number of anilines is 1. The number of H-pyrrole nitrogens is 1. The van der Waals surface area contributed by atoms with Crippen molar-refractivity contribution in [3.8, 4) is 0 Å². The molecule has 1 aliphatic rings. The van der Waals surface area contributed by atoms with E-state index in [9.17, 15) is 0 Å². The topological polar surface area (TPSA) is 44.4 Å². The van der Waals surface area contributed by atoms with Gasteiger partial charge in [-0.1, -0.05) is 13.8 Å². The molecule has 1 aromatic heterocycles. The smallest absolute Gasteiger partial charge is 0.150 e. The Morgan fingerprint density at radius 1 is 1.42 bits per heavy atom. The highest BCUT2D eigenvalue weighted by Crippen LogP contribution is 2.17. The number of rotatable bonds is 6. The van der Waals surface area contributed by atoms with Gasteiger partial charge in [-0.05, 0) is 12.3 Å². The quantitative estimate of drug-likeness (QED) is 0.851. The normalized spacial score (nSPS) is 17.1. The summed E-state index contributed by atoms with van der Waals surface area (Å²) in [5.74, 6) is 1.55. The van der Waals surface area contributed by atoms with E-state index >= 15 is 0 Å². The van der Waals surface area contributed by atoms with Crippen LogP contribution in [0.3, 0.4) is 0 Å². The second-order valence-corrected chi connectivity index (χ2v) is 5.57. The van der Waals surface area contributed by atoms with Crippen LogP contribution in [-0.2, 0) is 4.74 Å². The lowest BCUT2D eigenvalue weighted by atomic mass is 10.1. The lowest BCUT2D eigenvalue weighted by molar-refractivity contribution is 0.0377. The van der Waals surface area contributed by atoms with Crippen LogP contribution in [0.4, 0.5) is 5.82 Å². The Kier molecular flexibility index (Phi) is 5.22. The van der Waals surface area contributed by atoms with E-state index in [-0.39, 0.29) is 0 Å². The van der Waals surface area contributed by atoms with E-state index in [0.717, 1.165) is 45.2 Å². The molecule has 1 N–H and O–H groups in total. The van der Waals surface area contributed by atoms with Gasteiger partial charge in [0.05, 0.1) is 13.2 Å². The zero-order valence-electron chi connectivity index (χ0n) is 12.4. The summed E-state index contributed by atoms with van der Waals surface area (Å²) in [6.07, 6.45) is 1.17. The van der Waals surface area contributed by atoms with Crippen LogP contribution in [0.2, 0.25) is 0 Å². The van der Waals surface area contributed by atoms with Crippen LogP contribution in [-0.4, -0.2) is 61.5 Å². The second-order valence-electron chi connectivity index (χ2n) is 5.57. The molecule has 19 heavy (non-hydrogen) atoms. The Morgan fingerprint density at radius 2 is 2.16 bits per heavy atom. The van der Waals surface area contributed by atoms with Crippen molar-refractivity contribution >= 4 is 5.82 Å². The van der Waals surface area contributed by atoms with E-state index in [1.807, 2.05) is 0 Å². The van der Waals surface area contributed by atoms with Gasteiger partial charge in [0.15, 0.2) is 0 Å². The largest absolute Gasteiger partial charge is 0.379 e. The average Bonchev–Trinajstić information content (AvgIpc) is 2.89. The van der Waals surface area contributed by atoms with Gasteiger partial charge in [0, 0.05) is 45.0 Å². The molecule has 1 fully saturated rings. The molecule has 2 heterocycles. The molecule has 5 nitrogen and oxygen atoms in total. The van der Waals surface area contributed by atoms with Crippen LogP contribution >= 0.6 is 0 Å². The number of aromatic amines is 1. The minimum atomic E-state index is 0.503. The van der Waals surface area contributed by atoms with Gasteiger partial charge in [-0.2, -0.15) is 5.10 Å². The maximum atomic E-state index is 5.36. The van der Waals surface area contributed by atoms with Gasteiger partial charge in [-0.3, -0.25) is 10.00 Å². The van der Waals surface area contributed by atoms with Crippen LogP contribution in [0, 0.1) is 0 Å². The minimum absolute atomic E-state index is 0.503. The van der Waals surface area contributed by atoms with Gasteiger partial charge in [0.2, 0.25) is 0 Å². The second kappa shape index (κ2) is 6.91. The fraction of sp³-hybridized carbons (Fsp3) is 0.786. The molecule has 5 heteroatoms. The van der Waals surface area contributed by atoms with E-state index in [4.69, 9.17) is 4.74 Å². The molecule has 108 valence electrons. The highest BCUT2D eigenvalue weighted by atomic mass is 16.5. The third-order valence-electron chi connectivity index (χ3n) is 3.67. The first kappa shape index (κ1) is 14.3. The predicted molar refractivity (Wildman–Crippen MR) is 77.8 cm³/mol. The van der Waals surface area contributed by atoms with E-state index in [2.05, 4.69) is 47.0 Å². The Labute approximate surface area is 115 Å². The summed E-state index contributed by atoms with van der Waals surface area (Å²) in [6, 6.07) is 2.15. The molecule has 0 atom stereocenters. The molecule has 0 amide bonds. The summed E-state index contributed by atoms with van der Waals surface area (Å²) < 4.78 is 5.36. The fourth-order valence-corrected chi connectivity index (χ4v) is 2.29. The van der Waals surface area contributed by atoms with Crippen LogP contribution in [0.25, 0.3) is 0 Å². The zero-order valence-corrected chi connectivity index (χ0v) is 12.4. The average molecular weight is 266 g/mol. The van der Waals surface area contributed by atoms with E-state index < -0.39 is 0 Å². The number of ether oxygens (including phenoxy) is 1. The Balaban J connectivity index is 1.72. The molecule has 1 saturated heterocycles. The molecule has 0 unspecified atom stereocenters. The maximum absolute atomic E-state index is 5.36. The number of nitrogens with zero attached hydrogens (tertiary/aromatic N) is 3. The molecular weight excluding hydrogens is 240 g/mol. The first-order chi connectivity index (χ1) is 9.16. The standard InChI is InChI=1S/C14H26N4O/c1-12(2)13-11-14(16-15-13)17(3)5-4-6-18-7-9-19-10-8-18/h11-12H,4-10H2,1-3H3,(H,15,16). The van der Waals surface area contributed by atoms with E-state index in [1.165, 1.54) is 12.1 Å². The zero-order chi connectivity index (χ0) is 13.7. The molecule has 2 rings (SSSR count). The first-order valence-corrected chi connectivity index (χ1v) is 7.23. The van der Waals surface area contributed by atoms with Crippen molar-refractivity contribution in [1.82, 2.24) is 15.1 Å². The van der Waals surface area contributed by atoms with Crippen molar-refractivity contribution in [1.29, 1.82) is 0 Å². The van der Waals surface area contributed by atoms with Crippen LogP contribution in [0.5, 0.6) is 0 Å². The summed E-state index contributed by atoms with van der Waals surface area (Å²) >= 11 is 0. The first-order valence-electron chi connectivity index (χ1n) is 7.23. The number of hydrogen-bond donors (Lipinski definition) is 1. The number of aromatic nitrogens is 2. The monoisotopic (exact) mass is 266 g/mol. The minimum Gasteiger partial charge on any atom is -0.379 e. The Hall–Kier alpha value is -1.07. The van der Waals surface area contributed by atoms with E-state index in [1.54, 1.807) is 0 Å². The SMILES string of the molecule is CC(C)c1cc(N(C)CCCN2CCOCC2)n[nH]1. The summed E-state index contributed by atoms with van der Waals surface area (Å²) in [7, 11) is 2.11. The van der Waals surface area contributed by atoms with Gasteiger partial charge in [-0.15, -0.1) is 0 Å². The van der Waals surface area contributed by atoms with E-state index in [0.29, 0.717) is 5.92 Å². The highest BCUT2D eigenvalue weighted by molar-refractivity contribution is 5.38. The van der Waals surface area contributed by atoms with Gasteiger partial charge >= 0.3 is 0 Å². The highest BCUT2D eigenvalue weighted by Gasteiger charge is 2.11. The van der Waals surface area contributed by atoms with Crippen molar-refractivity contribution in [2.24, 2.45) is 0 Å². The van der Waals surface area contributed by atoms with Gasteiger partial charge < -0.3 is 9.64 Å². The predicted octanol–water partition coefficient (Wildman–Crippen LogP) is 1.69. The molecule has 0 saturated carbocycles. The maximum Gasteiger partial charge on any atom is 0.150 e. The van der Waals surface area contributed by atoms with Crippen molar-refractivity contribution in [3.05, 3.63) is 11.8 Å². The third-order valence-corrected chi connectivity index (χ3v) is 3.67. The lowest BCUT2D eigenvalue weighted by Crippen LogP contribution is -2.37. The van der Waals surface area contributed by atoms with Crippen LogP contribution in [0.15, 0.2) is 6.07 Å². The van der Waals surface area contributed by atoms with Crippen molar-refractivity contribution in [2.45, 2.75) is 26.2 Å². The fourth-order valence-electron chi connectivity index (χ4n) is 2.29. The summed E-state index contributed by atoms with van der Waals surface area (Å²) in [4.78, 5) is 4.70. The summed E-state index contributed by atoms with van der Waals surface area (Å²) in [5.41, 5.74) is 1.20. The number of nitrogens with one attached hydrogen (secondary N) is 1. The number of morpholine rings is 1. The molecule has 0 aliphatic carbocycles. The van der Waals surface area contributed by atoms with Crippen LogP contribution in [0.1, 0.15) is 31.9 Å².